The van der Waals surface area contributed by atoms with Crippen molar-refractivity contribution in [3.63, 3.8) is 0 Å². The molecular formula is C11H13BrN2O. The number of hydrogen-bond acceptors (Lipinski definition) is 3. The minimum atomic E-state index is 0.307. The average Bonchev–Trinajstić information content (AvgIpc) is 2.11. The fourth-order valence-electron chi connectivity index (χ4n) is 1.67. The molecule has 1 aromatic rings. The van der Waals surface area contributed by atoms with Crippen LogP contribution in [-0.4, -0.2) is 23.9 Å². The van der Waals surface area contributed by atoms with Gasteiger partial charge >= 0.3 is 0 Å². The summed E-state index contributed by atoms with van der Waals surface area (Å²) in [5, 5.41) is 3.17. The number of Topliss-reactive ketones (excluding diaryl/α,β-unsaturated/α-hetero) is 1. The van der Waals surface area contributed by atoms with Gasteiger partial charge in [-0.05, 0) is 46.6 Å². The molecule has 1 N–H and O–H groups in total. The van der Waals surface area contributed by atoms with E-state index < -0.39 is 0 Å². The molecule has 0 spiro atoms. The van der Waals surface area contributed by atoms with Crippen molar-refractivity contribution in [3.8, 4) is 0 Å². The van der Waals surface area contributed by atoms with Gasteiger partial charge in [-0.2, -0.15) is 0 Å². The van der Waals surface area contributed by atoms with Crippen LogP contribution in [0.15, 0.2) is 22.9 Å². The Hall–Kier alpha value is -0.740. The molecule has 1 fully saturated rings. The number of halogens is 1. The lowest BCUT2D eigenvalue weighted by Crippen LogP contribution is -2.43. The number of carbonyl (C=O) groups is 1. The summed E-state index contributed by atoms with van der Waals surface area (Å²) in [5.74, 6) is 0.860. The molecule has 2 heterocycles. The van der Waals surface area contributed by atoms with Gasteiger partial charge in [-0.3, -0.25) is 9.78 Å². The monoisotopic (exact) mass is 268 g/mol. The lowest BCUT2D eigenvalue weighted by atomic mass is 9.94. The molecule has 1 aliphatic rings. The van der Waals surface area contributed by atoms with Crippen molar-refractivity contribution in [2.45, 2.75) is 12.8 Å². The number of ketones is 1. The van der Waals surface area contributed by atoms with E-state index in [1.54, 1.807) is 12.4 Å². The molecule has 0 amide bonds. The van der Waals surface area contributed by atoms with Gasteiger partial charge < -0.3 is 5.32 Å². The van der Waals surface area contributed by atoms with E-state index in [1.807, 2.05) is 6.07 Å². The van der Waals surface area contributed by atoms with Crippen molar-refractivity contribution in [3.05, 3.63) is 28.5 Å². The first-order valence-electron chi connectivity index (χ1n) is 5.06. The normalized spacial score (nSPS) is 16.1. The average molecular weight is 269 g/mol. The quantitative estimate of drug-likeness (QED) is 0.902. The third kappa shape index (κ3) is 3.11. The number of pyridine rings is 1. The smallest absolute Gasteiger partial charge is 0.137 e. The van der Waals surface area contributed by atoms with Gasteiger partial charge in [-0.25, -0.2) is 0 Å². The highest BCUT2D eigenvalue weighted by Gasteiger charge is 2.19. The highest BCUT2D eigenvalue weighted by molar-refractivity contribution is 9.10. The molecule has 0 aliphatic carbocycles. The second kappa shape index (κ2) is 4.86. The first-order chi connectivity index (χ1) is 7.24. The molecule has 4 heteroatoms. The van der Waals surface area contributed by atoms with E-state index in [1.165, 1.54) is 0 Å². The van der Waals surface area contributed by atoms with E-state index in [-0.39, 0.29) is 0 Å². The molecule has 3 nitrogen and oxygen atoms in total. The van der Waals surface area contributed by atoms with E-state index >= 15 is 0 Å². The van der Waals surface area contributed by atoms with Crippen LogP contribution in [0.2, 0.25) is 0 Å². The highest BCUT2D eigenvalue weighted by Crippen LogP contribution is 2.13. The minimum absolute atomic E-state index is 0.307. The third-order valence-corrected chi connectivity index (χ3v) is 2.98. The number of nitrogens with one attached hydrogen (secondary N) is 1. The maximum atomic E-state index is 11.7. The summed E-state index contributed by atoms with van der Waals surface area (Å²) in [4.78, 5) is 15.7. The van der Waals surface area contributed by atoms with Gasteiger partial charge in [0.1, 0.15) is 5.78 Å². The highest BCUT2D eigenvalue weighted by atomic mass is 79.9. The van der Waals surface area contributed by atoms with Gasteiger partial charge in [-0.1, -0.05) is 0 Å². The number of rotatable bonds is 4. The van der Waals surface area contributed by atoms with Gasteiger partial charge in [0.05, 0.1) is 0 Å². The Balaban J connectivity index is 1.87. The van der Waals surface area contributed by atoms with Crippen molar-refractivity contribution in [2.24, 2.45) is 5.92 Å². The van der Waals surface area contributed by atoms with Gasteiger partial charge in [0, 0.05) is 29.7 Å². The predicted molar refractivity (Wildman–Crippen MR) is 61.6 cm³/mol. The molecule has 0 atom stereocenters. The fraction of sp³-hybridized carbons (Fsp3) is 0.455. The van der Waals surface area contributed by atoms with Crippen LogP contribution < -0.4 is 5.32 Å². The lowest BCUT2D eigenvalue weighted by Gasteiger charge is -2.26. The molecular weight excluding hydrogens is 256 g/mol. The molecule has 0 saturated carbocycles. The van der Waals surface area contributed by atoms with Crippen molar-refractivity contribution in [2.75, 3.05) is 13.1 Å². The SMILES string of the molecule is O=C(Cc1cncc(Br)c1)CC1CNC1. The summed E-state index contributed by atoms with van der Waals surface area (Å²) >= 11 is 3.34. The molecule has 1 aliphatic heterocycles. The zero-order valence-corrected chi connectivity index (χ0v) is 9.96. The van der Waals surface area contributed by atoms with Crippen LogP contribution in [-0.2, 0) is 11.2 Å². The van der Waals surface area contributed by atoms with Crippen LogP contribution in [0.25, 0.3) is 0 Å². The molecule has 1 saturated heterocycles. The van der Waals surface area contributed by atoms with Crippen LogP contribution in [0, 0.1) is 5.92 Å². The summed E-state index contributed by atoms with van der Waals surface area (Å²) in [6.07, 6.45) is 4.67. The van der Waals surface area contributed by atoms with Crippen molar-refractivity contribution in [1.82, 2.24) is 10.3 Å². The van der Waals surface area contributed by atoms with E-state index in [4.69, 9.17) is 0 Å². The standard InChI is InChI=1S/C11H13BrN2O/c12-10-1-8(4-14-7-10)2-11(15)3-9-5-13-6-9/h1,4,7,9,13H,2-3,5-6H2. The Morgan fingerprint density at radius 3 is 2.93 bits per heavy atom. The summed E-state index contributed by atoms with van der Waals surface area (Å²) in [6.45, 7) is 1.98. The number of nitrogens with zero attached hydrogens (tertiary/aromatic N) is 1. The molecule has 2 rings (SSSR count). The first kappa shape index (κ1) is 10.8. The van der Waals surface area contributed by atoms with Crippen LogP contribution in [0.1, 0.15) is 12.0 Å². The van der Waals surface area contributed by atoms with Gasteiger partial charge in [0.15, 0.2) is 0 Å². The van der Waals surface area contributed by atoms with Gasteiger partial charge in [0.2, 0.25) is 0 Å². The van der Waals surface area contributed by atoms with E-state index in [2.05, 4.69) is 26.2 Å². The molecule has 1 aromatic heterocycles. The molecule has 0 unspecified atom stereocenters. The van der Waals surface area contributed by atoms with Crippen LogP contribution in [0.5, 0.6) is 0 Å². The Morgan fingerprint density at radius 1 is 1.53 bits per heavy atom. The van der Waals surface area contributed by atoms with Crippen molar-refractivity contribution in [1.29, 1.82) is 0 Å². The Labute approximate surface area is 97.4 Å². The molecule has 0 aromatic carbocycles. The second-order valence-corrected chi connectivity index (χ2v) is 4.87. The predicted octanol–water partition coefficient (Wildman–Crippen LogP) is 1.57. The number of aromatic nitrogens is 1. The van der Waals surface area contributed by atoms with E-state index in [0.29, 0.717) is 24.5 Å². The summed E-state index contributed by atoms with van der Waals surface area (Å²) in [5.41, 5.74) is 0.988. The maximum Gasteiger partial charge on any atom is 0.137 e. The molecule has 80 valence electrons. The summed E-state index contributed by atoms with van der Waals surface area (Å²) in [6, 6.07) is 1.95. The Morgan fingerprint density at radius 2 is 2.33 bits per heavy atom. The Kier molecular flexibility index (Phi) is 3.49. The van der Waals surface area contributed by atoms with E-state index in [0.717, 1.165) is 23.1 Å². The minimum Gasteiger partial charge on any atom is -0.316 e. The van der Waals surface area contributed by atoms with Gasteiger partial charge in [0.25, 0.3) is 0 Å². The largest absolute Gasteiger partial charge is 0.316 e. The van der Waals surface area contributed by atoms with Crippen LogP contribution >= 0.6 is 15.9 Å². The zero-order chi connectivity index (χ0) is 10.7. The van der Waals surface area contributed by atoms with Crippen molar-refractivity contribution < 1.29 is 4.79 Å². The van der Waals surface area contributed by atoms with Gasteiger partial charge in [-0.15, -0.1) is 0 Å². The Bertz CT molecular complexity index is 363. The maximum absolute atomic E-state index is 11.7. The first-order valence-corrected chi connectivity index (χ1v) is 5.85. The molecule has 0 radical (unpaired) electrons. The van der Waals surface area contributed by atoms with Crippen LogP contribution in [0.3, 0.4) is 0 Å². The summed E-state index contributed by atoms with van der Waals surface area (Å²) in [7, 11) is 0. The fourth-order valence-corrected chi connectivity index (χ4v) is 2.08. The van der Waals surface area contributed by atoms with Crippen molar-refractivity contribution >= 4 is 21.7 Å². The molecule has 15 heavy (non-hydrogen) atoms. The van der Waals surface area contributed by atoms with Crippen LogP contribution in [0.4, 0.5) is 0 Å². The number of hydrogen-bond donors (Lipinski definition) is 1. The molecule has 0 bridgehead atoms. The van der Waals surface area contributed by atoms with E-state index in [9.17, 15) is 4.79 Å². The number of carbonyl (C=O) groups excluding carboxylic acids is 1. The second-order valence-electron chi connectivity index (χ2n) is 3.96. The summed E-state index contributed by atoms with van der Waals surface area (Å²) < 4.78 is 0.929. The topological polar surface area (TPSA) is 42.0 Å². The third-order valence-electron chi connectivity index (χ3n) is 2.55. The lowest BCUT2D eigenvalue weighted by molar-refractivity contribution is -0.119. The zero-order valence-electron chi connectivity index (χ0n) is 8.37.